The zero-order valence-corrected chi connectivity index (χ0v) is 29.6. The van der Waals surface area contributed by atoms with Crippen LogP contribution < -0.4 is 0 Å². The summed E-state index contributed by atoms with van der Waals surface area (Å²) in [6, 6.07) is 3.38. The van der Waals surface area contributed by atoms with Crippen molar-refractivity contribution in [2.24, 2.45) is 10.9 Å². The fraction of sp³-hybridized carbons (Fsp3) is 0.833. The highest BCUT2D eigenvalue weighted by Crippen LogP contribution is 2.34. The van der Waals surface area contributed by atoms with Crippen LogP contribution in [-0.4, -0.2) is 55.5 Å². The van der Waals surface area contributed by atoms with Crippen molar-refractivity contribution in [3.8, 4) is 6.07 Å². The molecule has 1 aliphatic carbocycles. The molecule has 1 saturated heterocycles. The van der Waals surface area contributed by atoms with E-state index < -0.39 is 43.1 Å². The molecule has 0 radical (unpaired) electrons. The van der Waals surface area contributed by atoms with E-state index in [4.69, 9.17) is 22.4 Å². The first-order valence-corrected chi connectivity index (χ1v) is 24.1. The van der Waals surface area contributed by atoms with Crippen LogP contribution in [0.3, 0.4) is 0 Å². The maximum absolute atomic E-state index is 13.7. The lowest BCUT2D eigenvalue weighted by Gasteiger charge is -2.45. The predicted octanol–water partition coefficient (Wildman–Crippen LogP) is 8.11. The highest BCUT2D eigenvalue weighted by atomic mass is 28.5. The Hall–Kier alpha value is -1.10. The van der Waals surface area contributed by atoms with Gasteiger partial charge in [0.15, 0.2) is 14.2 Å². The summed E-state index contributed by atoms with van der Waals surface area (Å²) in [5, 5.41) is 10.1. The van der Waals surface area contributed by atoms with Gasteiger partial charge in [-0.2, -0.15) is 5.26 Å². The standard InChI is InChI=1S/C30H56N2O5Si3/c1-9-11-12-13-14-15-16-20-29(40(8)36-38(4,5)22-21-34-39(6,7)37-40)35-30(33)28(24-31)26-18-17-19-27(23-26)32-25(3)10-2/h23,25,28-29H,9-22H2,1-8H3. The molecule has 40 heavy (non-hydrogen) atoms. The van der Waals surface area contributed by atoms with E-state index in [-0.39, 0.29) is 6.04 Å². The molecule has 1 aliphatic heterocycles. The number of nitriles is 1. The van der Waals surface area contributed by atoms with Crippen molar-refractivity contribution in [1.82, 2.24) is 0 Å². The maximum Gasteiger partial charge on any atom is 0.358 e. The molecule has 2 aliphatic rings. The van der Waals surface area contributed by atoms with Crippen LogP contribution in [0.25, 0.3) is 0 Å². The average Bonchev–Trinajstić information content (AvgIpc) is 2.86. The minimum atomic E-state index is -3.01. The SMILES string of the molecule is CCCCCCCCCC(OC(=O)C(C#N)C1=CC(=NC(C)CC)CCC1)[Si]1(C)O[Si](C)(C)CCO[Si](C)(C)O1. The Balaban J connectivity index is 2.29. The Kier molecular flexibility index (Phi) is 14.5. The van der Waals surface area contributed by atoms with E-state index in [9.17, 15) is 10.1 Å². The second-order valence-electron chi connectivity index (χ2n) is 12.8. The monoisotopic (exact) mass is 608 g/mol. The van der Waals surface area contributed by atoms with E-state index in [1.165, 1.54) is 32.1 Å². The number of unbranched alkanes of at least 4 members (excludes halogenated alkanes) is 6. The number of aliphatic imine (C=N–C) groups is 1. The first-order chi connectivity index (χ1) is 18.8. The van der Waals surface area contributed by atoms with Crippen molar-refractivity contribution < 1.29 is 22.2 Å². The van der Waals surface area contributed by atoms with Crippen molar-refractivity contribution >= 4 is 37.1 Å². The van der Waals surface area contributed by atoms with E-state index in [1.807, 2.05) is 6.08 Å². The molecule has 0 aromatic carbocycles. The zero-order chi connectivity index (χ0) is 29.8. The first kappa shape index (κ1) is 35.1. The van der Waals surface area contributed by atoms with E-state index >= 15 is 0 Å². The number of esters is 1. The summed E-state index contributed by atoms with van der Waals surface area (Å²) < 4.78 is 26.3. The molecular formula is C30H56N2O5Si3. The van der Waals surface area contributed by atoms with Gasteiger partial charge < -0.3 is 17.4 Å². The number of allylic oxidation sites excluding steroid dienone is 1. The van der Waals surface area contributed by atoms with Crippen LogP contribution in [0.15, 0.2) is 16.6 Å². The number of nitrogens with zero attached hydrogens (tertiary/aromatic N) is 2. The maximum atomic E-state index is 13.7. The van der Waals surface area contributed by atoms with Crippen LogP contribution in [0.4, 0.5) is 0 Å². The van der Waals surface area contributed by atoms with Crippen molar-refractivity contribution in [2.75, 3.05) is 6.61 Å². The summed E-state index contributed by atoms with van der Waals surface area (Å²) in [5.41, 5.74) is 1.31. The molecule has 10 heteroatoms. The minimum absolute atomic E-state index is 0.228. The van der Waals surface area contributed by atoms with Gasteiger partial charge in [-0.15, -0.1) is 0 Å². The van der Waals surface area contributed by atoms with E-state index in [2.05, 4.69) is 59.6 Å². The van der Waals surface area contributed by atoms with Crippen molar-refractivity contribution in [2.45, 2.75) is 148 Å². The molecule has 2 rings (SSSR count). The predicted molar refractivity (Wildman–Crippen MR) is 170 cm³/mol. The fourth-order valence-electron chi connectivity index (χ4n) is 5.56. The van der Waals surface area contributed by atoms with Gasteiger partial charge in [0, 0.05) is 18.4 Å². The number of carbonyl (C=O) groups excluding carboxylic acids is 1. The lowest BCUT2D eigenvalue weighted by molar-refractivity contribution is -0.149. The van der Waals surface area contributed by atoms with Crippen molar-refractivity contribution in [3.63, 3.8) is 0 Å². The van der Waals surface area contributed by atoms with Gasteiger partial charge in [0.2, 0.25) is 0 Å². The second-order valence-corrected chi connectivity index (χ2v) is 24.2. The van der Waals surface area contributed by atoms with Crippen LogP contribution in [0.5, 0.6) is 0 Å². The van der Waals surface area contributed by atoms with Crippen LogP contribution in [0, 0.1) is 17.2 Å². The van der Waals surface area contributed by atoms with Gasteiger partial charge in [-0.1, -0.05) is 52.4 Å². The number of carbonyl (C=O) groups is 1. The van der Waals surface area contributed by atoms with Crippen LogP contribution >= 0.6 is 0 Å². The summed E-state index contributed by atoms with van der Waals surface area (Å²) in [4.78, 5) is 18.5. The Labute approximate surface area is 247 Å². The Morgan fingerprint density at radius 3 is 2.38 bits per heavy atom. The molecule has 1 heterocycles. The lowest BCUT2D eigenvalue weighted by Crippen LogP contribution is -2.64. The quantitative estimate of drug-likeness (QED) is 0.112. The number of hydrogen-bond donors (Lipinski definition) is 0. The van der Waals surface area contributed by atoms with Gasteiger partial charge in [-0.05, 0) is 95.9 Å². The van der Waals surface area contributed by atoms with Crippen LogP contribution in [0.2, 0.25) is 38.8 Å². The van der Waals surface area contributed by atoms with E-state index in [0.717, 1.165) is 49.4 Å². The molecule has 0 aromatic heterocycles. The summed E-state index contributed by atoms with van der Waals surface area (Å²) in [6.07, 6.45) is 14.3. The van der Waals surface area contributed by atoms with Crippen LogP contribution in [-0.2, 0) is 22.2 Å². The molecule has 0 spiro atoms. The van der Waals surface area contributed by atoms with Crippen molar-refractivity contribution in [3.05, 3.63) is 11.6 Å². The van der Waals surface area contributed by atoms with Gasteiger partial charge in [0.05, 0.1) is 6.07 Å². The molecule has 1 fully saturated rings. The highest BCUT2D eigenvalue weighted by molar-refractivity contribution is 6.88. The first-order valence-electron chi connectivity index (χ1n) is 15.8. The second kappa shape index (κ2) is 16.5. The smallest absolute Gasteiger partial charge is 0.358 e. The Bertz CT molecular complexity index is 898. The molecule has 0 saturated carbocycles. The van der Waals surface area contributed by atoms with Gasteiger partial charge in [-0.3, -0.25) is 9.79 Å². The lowest BCUT2D eigenvalue weighted by atomic mass is 9.89. The third kappa shape index (κ3) is 11.6. The molecule has 0 bridgehead atoms. The van der Waals surface area contributed by atoms with Crippen molar-refractivity contribution in [1.29, 1.82) is 5.26 Å². The Morgan fingerprint density at radius 1 is 1.05 bits per heavy atom. The summed E-state index contributed by atoms with van der Waals surface area (Å²) in [5.74, 6) is -1.41. The molecule has 0 N–H and O–H groups in total. The zero-order valence-electron chi connectivity index (χ0n) is 26.6. The number of ether oxygens (including phenoxy) is 1. The number of rotatable bonds is 14. The topological polar surface area (TPSA) is 90.1 Å². The molecule has 228 valence electrons. The van der Waals surface area contributed by atoms with Gasteiger partial charge in [0.1, 0.15) is 5.73 Å². The van der Waals surface area contributed by atoms with E-state index in [1.54, 1.807) is 0 Å². The third-order valence-electron chi connectivity index (χ3n) is 7.96. The average molecular weight is 609 g/mol. The molecule has 4 unspecified atom stereocenters. The van der Waals surface area contributed by atoms with E-state index in [0.29, 0.717) is 19.4 Å². The van der Waals surface area contributed by atoms with Gasteiger partial charge >= 0.3 is 23.1 Å². The molecule has 4 atom stereocenters. The molecular weight excluding hydrogens is 553 g/mol. The Morgan fingerprint density at radius 2 is 1.73 bits per heavy atom. The summed E-state index contributed by atoms with van der Waals surface area (Å²) >= 11 is 0. The summed E-state index contributed by atoms with van der Waals surface area (Å²) in [7, 11) is -7.58. The minimum Gasteiger partial charge on any atom is -0.459 e. The summed E-state index contributed by atoms with van der Waals surface area (Å²) in [6.45, 7) is 17.6. The molecule has 7 nitrogen and oxygen atoms in total. The normalized spacial score (nSPS) is 26.1. The highest BCUT2D eigenvalue weighted by Gasteiger charge is 2.53. The third-order valence-corrected chi connectivity index (χ3v) is 19.3. The van der Waals surface area contributed by atoms with Gasteiger partial charge in [-0.25, -0.2) is 0 Å². The van der Waals surface area contributed by atoms with Gasteiger partial charge in [0.25, 0.3) is 0 Å². The molecule has 0 aromatic rings. The fourth-order valence-corrected chi connectivity index (χ4v) is 18.5. The largest absolute Gasteiger partial charge is 0.459 e. The molecule has 0 amide bonds. The number of hydrogen-bond acceptors (Lipinski definition) is 7. The van der Waals surface area contributed by atoms with Crippen LogP contribution in [0.1, 0.15) is 97.8 Å².